The summed E-state index contributed by atoms with van der Waals surface area (Å²) in [6.07, 6.45) is -3.63. The molecule has 7 heteroatoms. The van der Waals surface area contributed by atoms with Crippen LogP contribution in [-0.4, -0.2) is 6.18 Å². The van der Waals surface area contributed by atoms with Gasteiger partial charge in [0.15, 0.2) is 0 Å². The van der Waals surface area contributed by atoms with Crippen molar-refractivity contribution < 1.29 is 13.2 Å². The summed E-state index contributed by atoms with van der Waals surface area (Å²) in [5.74, 6) is 0. The first-order chi connectivity index (χ1) is 11.7. The minimum absolute atomic E-state index is 0.268. The zero-order valence-corrected chi connectivity index (χ0v) is 15.4. The van der Waals surface area contributed by atoms with E-state index >= 15 is 0 Å². The van der Waals surface area contributed by atoms with Crippen molar-refractivity contribution in [1.29, 1.82) is 0 Å². The smallest absolute Gasteiger partial charge is 0.166 e. The highest BCUT2D eigenvalue weighted by Gasteiger charge is 2.38. The van der Waals surface area contributed by atoms with E-state index in [-0.39, 0.29) is 16.5 Å². The molecule has 0 heterocycles. The van der Waals surface area contributed by atoms with E-state index in [4.69, 9.17) is 46.4 Å². The van der Waals surface area contributed by atoms with Gasteiger partial charge in [0.05, 0.1) is 0 Å². The minimum atomic E-state index is -4.44. The summed E-state index contributed by atoms with van der Waals surface area (Å²) in [5, 5.41) is 1.35. The van der Waals surface area contributed by atoms with E-state index in [0.29, 0.717) is 32.3 Å². The maximum Gasteiger partial charge on any atom is 0.413 e. The highest BCUT2D eigenvalue weighted by molar-refractivity contribution is 6.37. The third-order valence-electron chi connectivity index (χ3n) is 3.85. The van der Waals surface area contributed by atoms with Crippen molar-refractivity contribution in [2.75, 3.05) is 0 Å². The van der Waals surface area contributed by atoms with Crippen LogP contribution in [-0.2, 0) is 0 Å². The van der Waals surface area contributed by atoms with E-state index in [1.807, 2.05) is 0 Å². The SMILES string of the molecule is FC(F)(F)C1=CC(c2ccc(Cl)cc2Cl)=C(c2ccc(Cl)cc2Cl)C1. The summed E-state index contributed by atoms with van der Waals surface area (Å²) < 4.78 is 39.8. The fourth-order valence-corrected chi connectivity index (χ4v) is 3.74. The quantitative estimate of drug-likeness (QED) is 0.457. The molecule has 2 aromatic carbocycles. The van der Waals surface area contributed by atoms with Crippen molar-refractivity contribution in [3.05, 3.63) is 79.3 Å². The van der Waals surface area contributed by atoms with Crippen molar-refractivity contribution in [1.82, 2.24) is 0 Å². The molecule has 0 amide bonds. The van der Waals surface area contributed by atoms with Gasteiger partial charge in [-0.25, -0.2) is 0 Å². The molecular weight excluding hydrogens is 415 g/mol. The summed E-state index contributed by atoms with van der Waals surface area (Å²) in [7, 11) is 0. The van der Waals surface area contributed by atoms with Gasteiger partial charge in [-0.15, -0.1) is 0 Å². The summed E-state index contributed by atoms with van der Waals surface area (Å²) >= 11 is 24.2. The van der Waals surface area contributed by atoms with Crippen molar-refractivity contribution in [3.63, 3.8) is 0 Å². The topological polar surface area (TPSA) is 0 Å². The van der Waals surface area contributed by atoms with Crippen LogP contribution in [0, 0.1) is 0 Å². The number of benzene rings is 2. The number of alkyl halides is 3. The minimum Gasteiger partial charge on any atom is -0.166 e. The Morgan fingerprint density at radius 2 is 1.28 bits per heavy atom. The maximum absolute atomic E-state index is 13.3. The Kier molecular flexibility index (Phi) is 5.13. The van der Waals surface area contributed by atoms with Gasteiger partial charge in [-0.05, 0) is 47.1 Å². The van der Waals surface area contributed by atoms with E-state index in [0.717, 1.165) is 6.08 Å². The predicted octanol–water partition coefficient (Wildman–Crippen LogP) is 8.10. The molecule has 0 bridgehead atoms. The van der Waals surface area contributed by atoms with Gasteiger partial charge in [0.2, 0.25) is 0 Å². The van der Waals surface area contributed by atoms with Crippen LogP contribution in [0.25, 0.3) is 11.1 Å². The van der Waals surface area contributed by atoms with Crippen LogP contribution < -0.4 is 0 Å². The molecule has 0 N–H and O–H groups in total. The van der Waals surface area contributed by atoms with E-state index < -0.39 is 11.7 Å². The first-order valence-electron chi connectivity index (χ1n) is 7.08. The summed E-state index contributed by atoms with van der Waals surface area (Å²) in [6.45, 7) is 0. The number of allylic oxidation sites excluding steroid dienone is 4. The molecule has 1 aliphatic rings. The fraction of sp³-hybridized carbons (Fsp3) is 0.111. The zero-order valence-electron chi connectivity index (χ0n) is 12.4. The average Bonchev–Trinajstić information content (AvgIpc) is 2.92. The van der Waals surface area contributed by atoms with Crippen LogP contribution in [0.15, 0.2) is 48.0 Å². The fourth-order valence-electron chi connectivity index (χ4n) is 2.70. The number of rotatable bonds is 2. The maximum atomic E-state index is 13.3. The van der Waals surface area contributed by atoms with Crippen molar-refractivity contribution >= 4 is 57.5 Å². The van der Waals surface area contributed by atoms with E-state index in [1.165, 1.54) is 12.1 Å². The highest BCUT2D eigenvalue weighted by atomic mass is 35.5. The third-order valence-corrected chi connectivity index (χ3v) is 4.95. The first-order valence-corrected chi connectivity index (χ1v) is 8.60. The number of hydrogen-bond acceptors (Lipinski definition) is 0. The lowest BCUT2D eigenvalue weighted by atomic mass is 9.96. The second kappa shape index (κ2) is 6.88. The van der Waals surface area contributed by atoms with Crippen LogP contribution >= 0.6 is 46.4 Å². The molecule has 2 aromatic rings. The molecule has 0 aliphatic heterocycles. The van der Waals surface area contributed by atoms with Crippen LogP contribution in [0.3, 0.4) is 0 Å². The Labute approximate surface area is 162 Å². The lowest BCUT2D eigenvalue weighted by Gasteiger charge is -2.12. The van der Waals surface area contributed by atoms with Gasteiger partial charge in [-0.2, -0.15) is 13.2 Å². The molecule has 0 atom stereocenters. The Balaban J connectivity index is 2.21. The molecule has 0 radical (unpaired) electrons. The molecule has 0 nitrogen and oxygen atoms in total. The van der Waals surface area contributed by atoms with Gasteiger partial charge in [0.1, 0.15) is 0 Å². The largest absolute Gasteiger partial charge is 0.413 e. The molecule has 0 fully saturated rings. The van der Waals surface area contributed by atoms with Crippen molar-refractivity contribution in [3.8, 4) is 0 Å². The highest BCUT2D eigenvalue weighted by Crippen LogP contribution is 2.47. The lowest BCUT2D eigenvalue weighted by Crippen LogP contribution is -2.10. The molecule has 3 rings (SSSR count). The molecule has 0 saturated heterocycles. The Bertz CT molecular complexity index is 911. The van der Waals surface area contributed by atoms with Gasteiger partial charge in [-0.1, -0.05) is 58.5 Å². The first kappa shape index (κ1) is 18.7. The number of hydrogen-bond donors (Lipinski definition) is 0. The van der Waals surface area contributed by atoms with Gasteiger partial charge < -0.3 is 0 Å². The van der Waals surface area contributed by atoms with E-state index in [2.05, 4.69) is 0 Å². The van der Waals surface area contributed by atoms with Crippen LogP contribution in [0.4, 0.5) is 13.2 Å². The molecule has 0 saturated carbocycles. The lowest BCUT2D eigenvalue weighted by molar-refractivity contribution is -0.0923. The molecule has 0 unspecified atom stereocenters. The molecule has 25 heavy (non-hydrogen) atoms. The standard InChI is InChI=1S/C18H9Cl4F3/c19-10-1-3-12(16(21)7-10)14-5-9(18(23,24)25)6-15(14)13-4-2-11(20)8-17(13)22/h1-5,7-8H,6H2. The monoisotopic (exact) mass is 422 g/mol. The number of halogens is 7. The molecular formula is C18H9Cl4F3. The van der Waals surface area contributed by atoms with Crippen molar-refractivity contribution in [2.45, 2.75) is 12.6 Å². The van der Waals surface area contributed by atoms with E-state index in [9.17, 15) is 13.2 Å². The molecule has 1 aliphatic carbocycles. The zero-order chi connectivity index (χ0) is 18.4. The predicted molar refractivity (Wildman–Crippen MR) is 98.5 cm³/mol. The summed E-state index contributed by atoms with van der Waals surface area (Å²) in [6, 6.07) is 9.36. The van der Waals surface area contributed by atoms with Gasteiger partial charge in [-0.3, -0.25) is 0 Å². The van der Waals surface area contributed by atoms with Crippen LogP contribution in [0.5, 0.6) is 0 Å². The molecule has 0 aromatic heterocycles. The summed E-state index contributed by atoms with van der Waals surface area (Å²) in [5.41, 5.74) is 1.11. The second-order valence-corrected chi connectivity index (χ2v) is 7.17. The molecule has 0 spiro atoms. The second-order valence-electron chi connectivity index (χ2n) is 5.48. The Morgan fingerprint density at radius 1 is 0.760 bits per heavy atom. The Hall–Kier alpha value is -1.13. The third kappa shape index (κ3) is 3.85. The summed E-state index contributed by atoms with van der Waals surface area (Å²) in [4.78, 5) is 0. The van der Waals surface area contributed by atoms with Crippen LogP contribution in [0.2, 0.25) is 20.1 Å². The van der Waals surface area contributed by atoms with Gasteiger partial charge in [0, 0.05) is 37.6 Å². The molecule has 130 valence electrons. The van der Waals surface area contributed by atoms with Gasteiger partial charge in [0.25, 0.3) is 0 Å². The van der Waals surface area contributed by atoms with E-state index in [1.54, 1.807) is 24.3 Å². The Morgan fingerprint density at radius 3 is 1.76 bits per heavy atom. The van der Waals surface area contributed by atoms with Crippen LogP contribution in [0.1, 0.15) is 17.5 Å². The van der Waals surface area contributed by atoms with Gasteiger partial charge >= 0.3 is 6.18 Å². The van der Waals surface area contributed by atoms with Crippen molar-refractivity contribution in [2.24, 2.45) is 0 Å². The average molecular weight is 424 g/mol. The normalized spacial score (nSPS) is 14.9.